The van der Waals surface area contributed by atoms with Gasteiger partial charge in [-0.3, -0.25) is 9.59 Å². The fourth-order valence-corrected chi connectivity index (χ4v) is 5.79. The third kappa shape index (κ3) is 6.35. The third-order valence-electron chi connectivity index (χ3n) is 6.44. The van der Waals surface area contributed by atoms with E-state index in [0.29, 0.717) is 24.1 Å². The van der Waals surface area contributed by atoms with Crippen molar-refractivity contribution in [3.8, 4) is 0 Å². The van der Waals surface area contributed by atoms with E-state index in [-0.39, 0.29) is 30.5 Å². The van der Waals surface area contributed by atoms with Crippen LogP contribution < -0.4 is 0 Å². The fourth-order valence-electron chi connectivity index (χ4n) is 4.74. The summed E-state index contributed by atoms with van der Waals surface area (Å²) in [6.07, 6.45) is 2.95. The molecule has 0 amide bonds. The molecule has 1 fully saturated rings. The van der Waals surface area contributed by atoms with Crippen molar-refractivity contribution < 1.29 is 30.0 Å². The number of Topliss-reactive ketones (excluding diaryl/α,β-unsaturated/α-hetero) is 1. The predicted molar refractivity (Wildman–Crippen MR) is 120 cm³/mol. The van der Waals surface area contributed by atoms with Crippen LogP contribution in [-0.2, 0) is 4.79 Å². The molecule has 0 bridgehead atoms. The zero-order valence-electron chi connectivity index (χ0n) is 17.7. The highest BCUT2D eigenvalue weighted by Gasteiger charge is 2.41. The van der Waals surface area contributed by atoms with E-state index in [0.717, 1.165) is 35.8 Å². The first-order chi connectivity index (χ1) is 14.9. The molecule has 1 saturated carbocycles. The average molecular weight is 449 g/mol. The van der Waals surface area contributed by atoms with E-state index in [1.165, 1.54) is 11.3 Å². The zero-order chi connectivity index (χ0) is 22.4. The van der Waals surface area contributed by atoms with Crippen LogP contribution >= 0.6 is 11.3 Å². The van der Waals surface area contributed by atoms with Crippen molar-refractivity contribution in [2.45, 2.75) is 76.1 Å². The third-order valence-corrected chi connectivity index (χ3v) is 7.57. The summed E-state index contributed by atoms with van der Waals surface area (Å²) in [7, 11) is 0. The van der Waals surface area contributed by atoms with Crippen LogP contribution in [0.3, 0.4) is 0 Å². The average Bonchev–Trinajstić information content (AvgIpc) is 3.28. The van der Waals surface area contributed by atoms with Crippen molar-refractivity contribution in [1.82, 2.24) is 0 Å². The summed E-state index contributed by atoms with van der Waals surface area (Å²) >= 11 is 1.38. The molecular formula is C24H32O6S. The summed E-state index contributed by atoms with van der Waals surface area (Å²) in [5.74, 6) is -1.26. The van der Waals surface area contributed by atoms with Gasteiger partial charge in [-0.1, -0.05) is 37.5 Å². The molecule has 3 rings (SSSR count). The molecule has 0 spiro atoms. The normalized spacial score (nSPS) is 24.5. The maximum atomic E-state index is 12.7. The number of aliphatic carboxylic acids is 1. The number of ketones is 1. The monoisotopic (exact) mass is 448 g/mol. The number of aliphatic hydroxyl groups excluding tert-OH is 3. The van der Waals surface area contributed by atoms with Crippen LogP contribution in [0.2, 0.25) is 0 Å². The summed E-state index contributed by atoms with van der Waals surface area (Å²) in [5, 5.41) is 40.9. The molecule has 7 heteroatoms. The number of thiophene rings is 1. The van der Waals surface area contributed by atoms with E-state index in [9.17, 15) is 24.9 Å². The molecular weight excluding hydrogens is 416 g/mol. The Morgan fingerprint density at radius 1 is 1.00 bits per heavy atom. The van der Waals surface area contributed by atoms with Crippen LogP contribution in [0, 0.1) is 11.8 Å². The lowest BCUT2D eigenvalue weighted by Crippen LogP contribution is -2.26. The van der Waals surface area contributed by atoms with Crippen LogP contribution in [0.4, 0.5) is 0 Å². The van der Waals surface area contributed by atoms with E-state index >= 15 is 0 Å². The molecule has 1 aliphatic carbocycles. The van der Waals surface area contributed by atoms with Gasteiger partial charge < -0.3 is 20.4 Å². The molecule has 4 N–H and O–H groups in total. The first-order valence-electron chi connectivity index (χ1n) is 11.2. The van der Waals surface area contributed by atoms with E-state index in [2.05, 4.69) is 0 Å². The van der Waals surface area contributed by atoms with Gasteiger partial charge in [-0.25, -0.2) is 0 Å². The Hall–Kier alpha value is -1.80. The second kappa shape index (κ2) is 11.2. The topological polar surface area (TPSA) is 115 Å². The number of carboxylic acid groups (broad SMARTS) is 1. The van der Waals surface area contributed by atoms with Crippen LogP contribution in [0.25, 0.3) is 10.1 Å². The number of benzene rings is 1. The number of carboxylic acids is 1. The van der Waals surface area contributed by atoms with E-state index in [1.54, 1.807) is 0 Å². The highest BCUT2D eigenvalue weighted by atomic mass is 32.1. The zero-order valence-corrected chi connectivity index (χ0v) is 18.5. The van der Waals surface area contributed by atoms with Gasteiger partial charge in [0.2, 0.25) is 5.78 Å². The number of hydrogen-bond acceptors (Lipinski definition) is 6. The summed E-state index contributed by atoms with van der Waals surface area (Å²) in [4.78, 5) is 23.8. The van der Waals surface area contributed by atoms with E-state index in [1.807, 2.05) is 30.3 Å². The molecule has 2 aromatic rings. The van der Waals surface area contributed by atoms with Gasteiger partial charge in [0.25, 0.3) is 0 Å². The van der Waals surface area contributed by atoms with Crippen LogP contribution in [0.5, 0.6) is 0 Å². The number of aliphatic hydroxyl groups is 3. The van der Waals surface area contributed by atoms with Crippen LogP contribution in [-0.4, -0.2) is 50.5 Å². The Morgan fingerprint density at radius 3 is 2.39 bits per heavy atom. The largest absolute Gasteiger partial charge is 0.481 e. The number of unbranched alkanes of at least 4 members (excludes halogenated alkanes) is 3. The summed E-state index contributed by atoms with van der Waals surface area (Å²) in [6, 6.07) is 9.54. The van der Waals surface area contributed by atoms with Crippen molar-refractivity contribution in [2.75, 3.05) is 0 Å². The van der Waals surface area contributed by atoms with Gasteiger partial charge in [0.1, 0.15) is 6.10 Å². The maximum absolute atomic E-state index is 12.7. The fraction of sp³-hybridized carbons (Fsp3) is 0.583. The summed E-state index contributed by atoms with van der Waals surface area (Å²) in [5.41, 5.74) is 0. The molecule has 1 aromatic carbocycles. The van der Waals surface area contributed by atoms with Crippen LogP contribution in [0.15, 0.2) is 30.3 Å². The second-order valence-corrected chi connectivity index (χ2v) is 9.73. The molecule has 5 atom stereocenters. The van der Waals surface area contributed by atoms with Crippen molar-refractivity contribution >= 4 is 33.2 Å². The minimum atomic E-state index is -1.12. The number of fused-ring (bicyclic) bond motifs is 1. The Bertz CT molecular complexity index is 845. The quantitative estimate of drug-likeness (QED) is 0.288. The van der Waals surface area contributed by atoms with Gasteiger partial charge >= 0.3 is 5.97 Å². The van der Waals surface area contributed by atoms with Crippen molar-refractivity contribution in [2.24, 2.45) is 11.8 Å². The molecule has 0 saturated heterocycles. The molecule has 1 aliphatic rings. The molecule has 1 heterocycles. The molecule has 0 aliphatic heterocycles. The smallest absolute Gasteiger partial charge is 0.303 e. The lowest BCUT2D eigenvalue weighted by molar-refractivity contribution is -0.137. The second-order valence-electron chi connectivity index (χ2n) is 8.65. The predicted octanol–water partition coefficient (Wildman–Crippen LogP) is 4.01. The van der Waals surface area contributed by atoms with Gasteiger partial charge in [0.05, 0.1) is 17.1 Å². The van der Waals surface area contributed by atoms with E-state index in [4.69, 9.17) is 5.11 Å². The molecule has 1 aromatic heterocycles. The molecule has 170 valence electrons. The van der Waals surface area contributed by atoms with Gasteiger partial charge in [-0.05, 0) is 61.5 Å². The van der Waals surface area contributed by atoms with E-state index < -0.39 is 24.3 Å². The molecule has 5 unspecified atom stereocenters. The first kappa shape index (κ1) is 23.9. The summed E-state index contributed by atoms with van der Waals surface area (Å²) in [6.45, 7) is 0. The maximum Gasteiger partial charge on any atom is 0.303 e. The number of carbonyl (C=O) groups is 2. The molecule has 31 heavy (non-hydrogen) atoms. The van der Waals surface area contributed by atoms with Crippen molar-refractivity contribution in [3.05, 3.63) is 35.2 Å². The van der Waals surface area contributed by atoms with Gasteiger partial charge in [0, 0.05) is 11.1 Å². The first-order valence-corrected chi connectivity index (χ1v) is 12.0. The van der Waals surface area contributed by atoms with Crippen LogP contribution in [0.1, 0.15) is 67.5 Å². The number of carbonyl (C=O) groups excluding carboxylic acids is 1. The highest BCUT2D eigenvalue weighted by molar-refractivity contribution is 7.20. The molecule has 6 nitrogen and oxygen atoms in total. The highest BCUT2D eigenvalue weighted by Crippen LogP contribution is 2.39. The van der Waals surface area contributed by atoms with Gasteiger partial charge in [-0.2, -0.15) is 0 Å². The van der Waals surface area contributed by atoms with Crippen molar-refractivity contribution in [3.63, 3.8) is 0 Å². The Balaban J connectivity index is 1.49. The minimum absolute atomic E-state index is 0.0545. The Morgan fingerprint density at radius 2 is 1.68 bits per heavy atom. The van der Waals surface area contributed by atoms with Gasteiger partial charge in [-0.15, -0.1) is 11.3 Å². The standard InChI is InChI=1S/C24H32O6S/c25-18(24(30)22-13-15-7-5-6-9-21(15)31-22)12-11-17-16(19(26)14-20(17)27)8-3-1-2-4-10-23(28)29/h5-7,9,13,16-20,25-27H,1-4,8,10-12,14H2,(H,28,29). The number of hydrogen-bond donors (Lipinski definition) is 4. The lowest BCUT2D eigenvalue weighted by Gasteiger charge is -2.24. The number of rotatable bonds is 12. The SMILES string of the molecule is O=C(O)CCCCCCC1C(O)CC(O)C1CCC(O)C(=O)c1cc2ccccc2s1. The van der Waals surface area contributed by atoms with Gasteiger partial charge in [0.15, 0.2) is 0 Å². The Kier molecular flexibility index (Phi) is 8.60. The molecule has 0 radical (unpaired) electrons. The lowest BCUT2D eigenvalue weighted by atomic mass is 9.84. The van der Waals surface area contributed by atoms with Crippen molar-refractivity contribution in [1.29, 1.82) is 0 Å². The minimum Gasteiger partial charge on any atom is -0.481 e. The summed E-state index contributed by atoms with van der Waals surface area (Å²) < 4.78 is 1.01. The Labute approximate surface area is 186 Å².